The van der Waals surface area contributed by atoms with Crippen LogP contribution in [0.5, 0.6) is 0 Å². The predicted molar refractivity (Wildman–Crippen MR) is 79.4 cm³/mol. The molecule has 3 heterocycles. The Morgan fingerprint density at radius 3 is 2.95 bits per heavy atom. The zero-order chi connectivity index (χ0) is 14.1. The van der Waals surface area contributed by atoms with Gasteiger partial charge in [0.2, 0.25) is 0 Å². The molecule has 1 atom stereocenters. The predicted octanol–water partition coefficient (Wildman–Crippen LogP) is 2.20. The van der Waals surface area contributed by atoms with Crippen LogP contribution in [0.3, 0.4) is 0 Å². The third-order valence-corrected chi connectivity index (χ3v) is 4.41. The molecule has 0 aromatic carbocycles. The highest BCUT2D eigenvalue weighted by molar-refractivity contribution is 7.98. The Bertz CT molecular complexity index is 602. The summed E-state index contributed by atoms with van der Waals surface area (Å²) in [6, 6.07) is 0.336. The largest absolute Gasteiger partial charge is 0.354 e. The lowest BCUT2D eigenvalue weighted by atomic mass is 10.3. The zero-order valence-electron chi connectivity index (χ0n) is 11.3. The molecule has 0 saturated carbocycles. The number of halogens is 1. The summed E-state index contributed by atoms with van der Waals surface area (Å²) in [7, 11) is 0. The highest BCUT2D eigenvalue weighted by Gasteiger charge is 2.27. The minimum atomic E-state index is 0.336. The van der Waals surface area contributed by atoms with E-state index >= 15 is 0 Å². The van der Waals surface area contributed by atoms with Crippen LogP contribution in [0.25, 0.3) is 0 Å². The van der Waals surface area contributed by atoms with Crippen LogP contribution in [0.2, 0.25) is 5.15 Å². The first-order valence-electron chi connectivity index (χ1n) is 6.36. The Balaban J connectivity index is 1.86. The smallest absolute Gasteiger partial charge is 0.190 e. The minimum absolute atomic E-state index is 0.336. The van der Waals surface area contributed by atoms with E-state index in [0.29, 0.717) is 16.4 Å². The second-order valence-electron chi connectivity index (χ2n) is 4.71. The van der Waals surface area contributed by atoms with E-state index in [4.69, 9.17) is 11.6 Å². The lowest BCUT2D eigenvalue weighted by Gasteiger charge is -2.20. The quantitative estimate of drug-likeness (QED) is 0.492. The maximum atomic E-state index is 6.19. The van der Waals surface area contributed by atoms with Gasteiger partial charge in [-0.15, -0.1) is 0 Å². The summed E-state index contributed by atoms with van der Waals surface area (Å²) in [6.07, 6.45) is 6.31. The molecule has 1 unspecified atom stereocenters. The van der Waals surface area contributed by atoms with Crippen molar-refractivity contribution >= 4 is 29.2 Å². The van der Waals surface area contributed by atoms with Crippen LogP contribution in [0.1, 0.15) is 18.0 Å². The number of thioether (sulfide) groups is 1. The molecule has 0 amide bonds. The Hall–Kier alpha value is -1.34. The molecule has 1 aliphatic rings. The molecule has 8 heteroatoms. The molecule has 1 aliphatic heterocycles. The van der Waals surface area contributed by atoms with Gasteiger partial charge in [0.15, 0.2) is 5.16 Å². The average Bonchev–Trinajstić information content (AvgIpc) is 3.11. The van der Waals surface area contributed by atoms with Gasteiger partial charge in [0.25, 0.3) is 0 Å². The summed E-state index contributed by atoms with van der Waals surface area (Å²) in [5, 5.41) is 5.46. The van der Waals surface area contributed by atoms with Crippen molar-refractivity contribution in [3.8, 4) is 0 Å². The topological polar surface area (TPSA) is 59.7 Å². The van der Waals surface area contributed by atoms with Crippen molar-refractivity contribution in [2.24, 2.45) is 0 Å². The van der Waals surface area contributed by atoms with Crippen LogP contribution in [0.4, 0.5) is 5.82 Å². The number of rotatable bonds is 3. The molecule has 1 fully saturated rings. The van der Waals surface area contributed by atoms with Crippen molar-refractivity contribution in [2.45, 2.75) is 24.5 Å². The molecule has 20 heavy (non-hydrogen) atoms. The molecule has 3 rings (SSSR count). The molecular formula is C12H15ClN6S. The first-order chi connectivity index (χ1) is 9.69. The van der Waals surface area contributed by atoms with Gasteiger partial charge >= 0.3 is 0 Å². The number of aromatic nitrogens is 5. The van der Waals surface area contributed by atoms with E-state index in [9.17, 15) is 0 Å². The summed E-state index contributed by atoms with van der Waals surface area (Å²) in [6.45, 7) is 3.77. The van der Waals surface area contributed by atoms with Gasteiger partial charge in [0.05, 0.1) is 6.04 Å². The minimum Gasteiger partial charge on any atom is -0.354 e. The molecule has 0 radical (unpaired) electrons. The first-order valence-corrected chi connectivity index (χ1v) is 7.96. The van der Waals surface area contributed by atoms with E-state index in [-0.39, 0.29) is 0 Å². The number of hydrogen-bond acceptors (Lipinski definition) is 6. The van der Waals surface area contributed by atoms with Gasteiger partial charge in [0, 0.05) is 18.7 Å². The molecule has 0 aliphatic carbocycles. The van der Waals surface area contributed by atoms with Crippen molar-refractivity contribution in [3.63, 3.8) is 0 Å². The lowest BCUT2D eigenvalue weighted by Crippen LogP contribution is -2.23. The van der Waals surface area contributed by atoms with Crippen LogP contribution in [-0.2, 0) is 0 Å². The standard InChI is InChI=1S/C12H15ClN6S/c1-8-10(13)16-12(20-2)17-11(8)18-4-3-9(5-18)19-7-14-6-15-19/h6-7,9H,3-5H2,1-2H3. The maximum absolute atomic E-state index is 6.19. The molecule has 2 aromatic rings. The normalized spacial score (nSPS) is 18.8. The fourth-order valence-corrected chi connectivity index (χ4v) is 2.99. The van der Waals surface area contributed by atoms with Gasteiger partial charge < -0.3 is 4.90 Å². The van der Waals surface area contributed by atoms with Crippen molar-refractivity contribution in [1.82, 2.24) is 24.7 Å². The Kier molecular flexibility index (Phi) is 3.80. The molecule has 6 nitrogen and oxygen atoms in total. The van der Waals surface area contributed by atoms with E-state index in [1.54, 1.807) is 12.7 Å². The Morgan fingerprint density at radius 1 is 1.40 bits per heavy atom. The van der Waals surface area contributed by atoms with Crippen LogP contribution < -0.4 is 4.90 Å². The van der Waals surface area contributed by atoms with E-state index in [2.05, 4.69) is 25.0 Å². The number of nitrogens with zero attached hydrogens (tertiary/aromatic N) is 6. The van der Waals surface area contributed by atoms with E-state index in [1.165, 1.54) is 11.8 Å². The van der Waals surface area contributed by atoms with Gasteiger partial charge in [-0.2, -0.15) is 5.10 Å². The van der Waals surface area contributed by atoms with Crippen LogP contribution >= 0.6 is 23.4 Å². The average molecular weight is 311 g/mol. The summed E-state index contributed by atoms with van der Waals surface area (Å²) < 4.78 is 1.91. The van der Waals surface area contributed by atoms with Crippen LogP contribution in [0.15, 0.2) is 17.8 Å². The molecule has 0 N–H and O–H groups in total. The second kappa shape index (κ2) is 5.57. The van der Waals surface area contributed by atoms with Crippen molar-refractivity contribution in [2.75, 3.05) is 24.2 Å². The Labute approximate surface area is 126 Å². The van der Waals surface area contributed by atoms with Crippen molar-refractivity contribution in [1.29, 1.82) is 0 Å². The van der Waals surface area contributed by atoms with E-state index in [1.807, 2.05) is 17.9 Å². The van der Waals surface area contributed by atoms with Gasteiger partial charge in [-0.25, -0.2) is 19.6 Å². The van der Waals surface area contributed by atoms with Gasteiger partial charge in [-0.3, -0.25) is 0 Å². The third-order valence-electron chi connectivity index (χ3n) is 3.50. The summed E-state index contributed by atoms with van der Waals surface area (Å²) in [5.41, 5.74) is 0.934. The maximum Gasteiger partial charge on any atom is 0.190 e. The van der Waals surface area contributed by atoms with Gasteiger partial charge in [-0.05, 0) is 19.6 Å². The monoisotopic (exact) mass is 310 g/mol. The summed E-state index contributed by atoms with van der Waals surface area (Å²) in [5.74, 6) is 0.928. The molecule has 0 spiro atoms. The molecule has 1 saturated heterocycles. The fraction of sp³-hybridized carbons (Fsp3) is 0.500. The SMILES string of the molecule is CSc1nc(Cl)c(C)c(N2CCC(n3cncn3)C2)n1. The second-order valence-corrected chi connectivity index (χ2v) is 5.85. The van der Waals surface area contributed by atoms with Crippen LogP contribution in [-0.4, -0.2) is 44.1 Å². The fourth-order valence-electron chi connectivity index (χ4n) is 2.41. The van der Waals surface area contributed by atoms with Gasteiger partial charge in [0.1, 0.15) is 23.6 Å². The number of hydrogen-bond donors (Lipinski definition) is 0. The zero-order valence-corrected chi connectivity index (χ0v) is 12.9. The number of anilines is 1. The lowest BCUT2D eigenvalue weighted by molar-refractivity contribution is 0.493. The Morgan fingerprint density at radius 2 is 2.25 bits per heavy atom. The van der Waals surface area contributed by atoms with Crippen molar-refractivity contribution < 1.29 is 0 Å². The molecule has 0 bridgehead atoms. The molecule has 106 valence electrons. The molecular weight excluding hydrogens is 296 g/mol. The third kappa shape index (κ3) is 2.47. The van der Waals surface area contributed by atoms with Crippen LogP contribution in [0, 0.1) is 6.92 Å². The van der Waals surface area contributed by atoms with Crippen molar-refractivity contribution in [3.05, 3.63) is 23.4 Å². The first kappa shape index (κ1) is 13.6. The van der Waals surface area contributed by atoms with Gasteiger partial charge in [-0.1, -0.05) is 23.4 Å². The molecule has 2 aromatic heterocycles. The highest BCUT2D eigenvalue weighted by atomic mass is 35.5. The summed E-state index contributed by atoms with van der Waals surface area (Å²) >= 11 is 7.70. The highest BCUT2D eigenvalue weighted by Crippen LogP contribution is 2.31. The summed E-state index contributed by atoms with van der Waals surface area (Å²) in [4.78, 5) is 15.1. The van der Waals surface area contributed by atoms with E-state index < -0.39 is 0 Å². The van der Waals surface area contributed by atoms with E-state index in [0.717, 1.165) is 30.9 Å².